The monoisotopic (exact) mass is 352 g/mol. The van der Waals surface area contributed by atoms with E-state index in [1.165, 1.54) is 11.8 Å². The van der Waals surface area contributed by atoms with Gasteiger partial charge >= 0.3 is 0 Å². The summed E-state index contributed by atoms with van der Waals surface area (Å²) in [4.78, 5) is 25.9. The molecule has 4 aromatic rings. The Morgan fingerprint density at radius 2 is 1.92 bits per heavy atom. The van der Waals surface area contributed by atoms with Gasteiger partial charge in [0.25, 0.3) is 11.3 Å². The van der Waals surface area contributed by atoms with Crippen LogP contribution in [-0.2, 0) is 12.8 Å². The highest BCUT2D eigenvalue weighted by molar-refractivity contribution is 7.98. The first-order chi connectivity index (χ1) is 12.0. The molecule has 0 saturated heterocycles. The van der Waals surface area contributed by atoms with E-state index in [1.54, 1.807) is 22.2 Å². The Kier molecular flexibility index (Phi) is 3.76. The van der Waals surface area contributed by atoms with Gasteiger partial charge < -0.3 is 0 Å². The molecule has 0 fully saturated rings. The molecule has 25 heavy (non-hydrogen) atoms. The molecular formula is C17H16N6OS. The lowest BCUT2D eigenvalue weighted by Gasteiger charge is -2.07. The maximum Gasteiger partial charge on any atom is 0.261 e. The lowest BCUT2D eigenvalue weighted by atomic mass is 10.2. The van der Waals surface area contributed by atoms with Crippen LogP contribution in [0.2, 0.25) is 0 Å². The predicted octanol–water partition coefficient (Wildman–Crippen LogP) is 2.28. The molecule has 0 saturated carbocycles. The second-order valence-corrected chi connectivity index (χ2v) is 6.79. The van der Waals surface area contributed by atoms with Gasteiger partial charge in [-0.1, -0.05) is 23.9 Å². The third kappa shape index (κ3) is 2.78. The minimum absolute atomic E-state index is 0.0442. The number of benzene rings is 1. The van der Waals surface area contributed by atoms with Gasteiger partial charge in [0, 0.05) is 18.4 Å². The van der Waals surface area contributed by atoms with Gasteiger partial charge in [0.1, 0.15) is 5.82 Å². The van der Waals surface area contributed by atoms with Crippen LogP contribution in [0.25, 0.3) is 16.7 Å². The van der Waals surface area contributed by atoms with Gasteiger partial charge in [-0.25, -0.2) is 14.5 Å². The molecule has 0 aliphatic carbocycles. The molecule has 0 atom stereocenters. The molecule has 7 nitrogen and oxygen atoms in total. The van der Waals surface area contributed by atoms with Crippen LogP contribution < -0.4 is 5.56 Å². The van der Waals surface area contributed by atoms with Gasteiger partial charge in [0.15, 0.2) is 0 Å². The molecule has 0 N–H and O–H groups in total. The van der Waals surface area contributed by atoms with Crippen LogP contribution >= 0.6 is 11.8 Å². The third-order valence-electron chi connectivity index (χ3n) is 4.00. The molecule has 0 spiro atoms. The fraction of sp³-hybridized carbons (Fsp3) is 0.235. The van der Waals surface area contributed by atoms with Gasteiger partial charge in [-0.05, 0) is 32.0 Å². The SMILES string of the molecule is Cc1cc(C)n2nc(SCc3nc4ccccc4c(=O)n3C)nc2n1. The minimum atomic E-state index is -0.0442. The highest BCUT2D eigenvalue weighted by atomic mass is 32.2. The summed E-state index contributed by atoms with van der Waals surface area (Å²) >= 11 is 1.44. The van der Waals surface area contributed by atoms with E-state index in [1.807, 2.05) is 38.1 Å². The van der Waals surface area contributed by atoms with Crippen LogP contribution in [0.15, 0.2) is 40.3 Å². The highest BCUT2D eigenvalue weighted by Gasteiger charge is 2.12. The Morgan fingerprint density at radius 1 is 1.12 bits per heavy atom. The number of thioether (sulfide) groups is 1. The molecule has 3 heterocycles. The Bertz CT molecular complexity index is 1160. The zero-order chi connectivity index (χ0) is 17.6. The van der Waals surface area contributed by atoms with Crippen molar-refractivity contribution >= 4 is 28.4 Å². The van der Waals surface area contributed by atoms with Crippen LogP contribution in [0.4, 0.5) is 0 Å². The van der Waals surface area contributed by atoms with E-state index in [0.717, 1.165) is 11.4 Å². The third-order valence-corrected chi connectivity index (χ3v) is 4.84. The van der Waals surface area contributed by atoms with Crippen molar-refractivity contribution in [2.45, 2.75) is 24.8 Å². The first-order valence-corrected chi connectivity index (χ1v) is 8.80. The topological polar surface area (TPSA) is 78.0 Å². The normalized spacial score (nSPS) is 11.5. The number of aromatic nitrogens is 6. The molecule has 3 aromatic heterocycles. The smallest absolute Gasteiger partial charge is 0.261 e. The van der Waals surface area contributed by atoms with Crippen molar-refractivity contribution in [3.8, 4) is 0 Å². The van der Waals surface area contributed by atoms with E-state index >= 15 is 0 Å². The zero-order valence-corrected chi connectivity index (χ0v) is 14.9. The van der Waals surface area contributed by atoms with E-state index in [-0.39, 0.29) is 5.56 Å². The van der Waals surface area contributed by atoms with Crippen LogP contribution in [0, 0.1) is 13.8 Å². The van der Waals surface area contributed by atoms with Crippen molar-refractivity contribution in [3.05, 3.63) is 57.9 Å². The van der Waals surface area contributed by atoms with Crippen LogP contribution in [-0.4, -0.2) is 29.1 Å². The van der Waals surface area contributed by atoms with Crippen LogP contribution in [0.1, 0.15) is 17.2 Å². The number of fused-ring (bicyclic) bond motifs is 2. The van der Waals surface area contributed by atoms with Gasteiger partial charge in [0.2, 0.25) is 5.16 Å². The number of hydrogen-bond donors (Lipinski definition) is 0. The number of para-hydroxylation sites is 1. The quantitative estimate of drug-likeness (QED) is 0.527. The van der Waals surface area contributed by atoms with Crippen molar-refractivity contribution < 1.29 is 0 Å². The highest BCUT2D eigenvalue weighted by Crippen LogP contribution is 2.20. The molecule has 0 aliphatic rings. The maximum atomic E-state index is 12.5. The van der Waals surface area contributed by atoms with Crippen molar-refractivity contribution in [3.63, 3.8) is 0 Å². The Morgan fingerprint density at radius 3 is 2.76 bits per heavy atom. The van der Waals surface area contributed by atoms with Crippen molar-refractivity contribution in [2.24, 2.45) is 7.05 Å². The molecule has 1 aromatic carbocycles. The molecule has 0 unspecified atom stereocenters. The summed E-state index contributed by atoms with van der Waals surface area (Å²) in [5.74, 6) is 1.78. The lowest BCUT2D eigenvalue weighted by Crippen LogP contribution is -2.21. The summed E-state index contributed by atoms with van der Waals surface area (Å²) in [6, 6.07) is 9.33. The summed E-state index contributed by atoms with van der Waals surface area (Å²) in [6.07, 6.45) is 0. The standard InChI is InChI=1S/C17H16N6OS/c1-10-8-11(2)23-16(18-10)20-17(21-23)25-9-14-19-13-7-5-4-6-12(13)15(24)22(14)3/h4-8H,9H2,1-3H3. The maximum absolute atomic E-state index is 12.5. The van der Waals surface area contributed by atoms with E-state index in [9.17, 15) is 4.79 Å². The fourth-order valence-corrected chi connectivity index (χ4v) is 3.53. The summed E-state index contributed by atoms with van der Waals surface area (Å²) in [5.41, 5.74) is 2.56. The number of nitrogens with zero attached hydrogens (tertiary/aromatic N) is 6. The lowest BCUT2D eigenvalue weighted by molar-refractivity contribution is 0.783. The second kappa shape index (κ2) is 5.96. The number of hydrogen-bond acceptors (Lipinski definition) is 6. The van der Waals surface area contributed by atoms with Crippen molar-refractivity contribution in [2.75, 3.05) is 0 Å². The van der Waals surface area contributed by atoms with Crippen LogP contribution in [0.5, 0.6) is 0 Å². The second-order valence-electron chi connectivity index (χ2n) is 5.84. The molecule has 0 bridgehead atoms. The van der Waals surface area contributed by atoms with Crippen molar-refractivity contribution in [1.82, 2.24) is 29.1 Å². The Labute approximate surface area is 147 Å². The molecule has 8 heteroatoms. The summed E-state index contributed by atoms with van der Waals surface area (Å²) in [6.45, 7) is 3.91. The van der Waals surface area contributed by atoms with Gasteiger partial charge in [-0.3, -0.25) is 9.36 Å². The predicted molar refractivity (Wildman–Crippen MR) is 96.8 cm³/mol. The summed E-state index contributed by atoms with van der Waals surface area (Å²) in [7, 11) is 1.74. The van der Waals surface area contributed by atoms with E-state index in [0.29, 0.717) is 33.4 Å². The molecule has 0 amide bonds. The largest absolute Gasteiger partial charge is 0.299 e. The fourth-order valence-electron chi connectivity index (χ4n) is 2.73. The summed E-state index contributed by atoms with van der Waals surface area (Å²) in [5, 5.41) is 5.71. The van der Waals surface area contributed by atoms with Gasteiger partial charge in [-0.15, -0.1) is 5.10 Å². The first-order valence-electron chi connectivity index (χ1n) is 7.81. The Hall–Kier alpha value is -2.74. The number of aryl methyl sites for hydroxylation is 2. The van der Waals surface area contributed by atoms with Crippen molar-refractivity contribution in [1.29, 1.82) is 0 Å². The average Bonchev–Trinajstić information content (AvgIpc) is 3.00. The first kappa shape index (κ1) is 15.8. The zero-order valence-electron chi connectivity index (χ0n) is 14.1. The molecule has 0 aliphatic heterocycles. The molecule has 126 valence electrons. The van der Waals surface area contributed by atoms with Crippen LogP contribution in [0.3, 0.4) is 0 Å². The van der Waals surface area contributed by atoms with E-state index in [4.69, 9.17) is 0 Å². The molecule has 0 radical (unpaired) electrons. The number of rotatable bonds is 3. The van der Waals surface area contributed by atoms with E-state index < -0.39 is 0 Å². The molecule has 4 rings (SSSR count). The van der Waals surface area contributed by atoms with Gasteiger partial charge in [0.05, 0.1) is 16.7 Å². The summed E-state index contributed by atoms with van der Waals surface area (Å²) < 4.78 is 3.31. The molecular weight excluding hydrogens is 336 g/mol. The average molecular weight is 352 g/mol. The van der Waals surface area contributed by atoms with Gasteiger partial charge in [-0.2, -0.15) is 4.98 Å². The van der Waals surface area contributed by atoms with E-state index in [2.05, 4.69) is 20.1 Å². The Balaban J connectivity index is 1.67. The minimum Gasteiger partial charge on any atom is -0.299 e.